The monoisotopic (exact) mass is 213 g/mol. The molecule has 0 spiro atoms. The van der Waals surface area contributed by atoms with E-state index >= 15 is 0 Å². The van der Waals surface area contributed by atoms with E-state index in [4.69, 9.17) is 0 Å². The lowest BCUT2D eigenvalue weighted by Gasteiger charge is -2.24. The summed E-state index contributed by atoms with van der Waals surface area (Å²) in [5.41, 5.74) is 0.0197. The lowest BCUT2D eigenvalue weighted by atomic mass is 10.0. The average molecular weight is 213 g/mol. The second-order valence-electron chi connectivity index (χ2n) is 4.28. The normalized spacial score (nSPS) is 24.9. The van der Waals surface area contributed by atoms with Gasteiger partial charge in [0.05, 0.1) is 6.54 Å². The molecule has 1 rings (SSSR count). The molecule has 86 valence electrons. The van der Waals surface area contributed by atoms with E-state index in [-0.39, 0.29) is 23.9 Å². The lowest BCUT2D eigenvalue weighted by molar-refractivity contribution is -0.125. The molecule has 5 heteroatoms. The summed E-state index contributed by atoms with van der Waals surface area (Å²) in [5, 5.41) is 8.62. The summed E-state index contributed by atoms with van der Waals surface area (Å²) in [4.78, 5) is 21.9. The fraction of sp³-hybridized carbons (Fsp3) is 0.800. The summed E-state index contributed by atoms with van der Waals surface area (Å²) < 4.78 is 0. The highest BCUT2D eigenvalue weighted by Gasteiger charge is 2.27. The predicted octanol–water partition coefficient (Wildman–Crippen LogP) is -0.619. The summed E-state index contributed by atoms with van der Waals surface area (Å²) in [7, 11) is 0. The van der Waals surface area contributed by atoms with E-state index in [0.717, 1.165) is 19.4 Å². The molecule has 0 bridgehead atoms. The van der Waals surface area contributed by atoms with Crippen molar-refractivity contribution in [3.8, 4) is 0 Å². The van der Waals surface area contributed by atoms with Crippen LogP contribution in [0.25, 0.3) is 0 Å². The van der Waals surface area contributed by atoms with Crippen molar-refractivity contribution in [1.29, 1.82) is 0 Å². The maximum atomic E-state index is 11.3. The van der Waals surface area contributed by atoms with Gasteiger partial charge in [0.2, 0.25) is 11.8 Å². The highest BCUT2D eigenvalue weighted by atomic mass is 16.2. The van der Waals surface area contributed by atoms with Gasteiger partial charge in [-0.1, -0.05) is 0 Å². The summed E-state index contributed by atoms with van der Waals surface area (Å²) in [5.74, 6) is -0.324. The van der Waals surface area contributed by atoms with Crippen molar-refractivity contribution in [3.63, 3.8) is 0 Å². The van der Waals surface area contributed by atoms with Gasteiger partial charge in [-0.05, 0) is 26.3 Å². The maximum absolute atomic E-state index is 11.3. The van der Waals surface area contributed by atoms with Crippen LogP contribution in [-0.2, 0) is 9.59 Å². The Labute approximate surface area is 90.0 Å². The number of nitrogens with one attached hydrogen (secondary N) is 3. The van der Waals surface area contributed by atoms with Crippen LogP contribution < -0.4 is 16.0 Å². The zero-order valence-electron chi connectivity index (χ0n) is 9.35. The van der Waals surface area contributed by atoms with Crippen LogP contribution in [0.4, 0.5) is 0 Å². The van der Waals surface area contributed by atoms with Gasteiger partial charge < -0.3 is 16.0 Å². The molecule has 0 aromatic rings. The van der Waals surface area contributed by atoms with Crippen LogP contribution in [0.15, 0.2) is 0 Å². The molecule has 1 saturated heterocycles. The maximum Gasteiger partial charge on any atom is 0.239 e. The van der Waals surface area contributed by atoms with Gasteiger partial charge in [-0.2, -0.15) is 0 Å². The quantitative estimate of drug-likeness (QED) is 0.583. The number of hydrogen-bond donors (Lipinski definition) is 3. The van der Waals surface area contributed by atoms with Gasteiger partial charge in [0.1, 0.15) is 0 Å². The Morgan fingerprint density at radius 1 is 1.40 bits per heavy atom. The Morgan fingerprint density at radius 3 is 2.67 bits per heavy atom. The topological polar surface area (TPSA) is 70.2 Å². The first-order chi connectivity index (χ1) is 7.02. The van der Waals surface area contributed by atoms with Crippen LogP contribution >= 0.6 is 0 Å². The fourth-order valence-corrected chi connectivity index (χ4v) is 1.67. The molecule has 0 aromatic carbocycles. The third kappa shape index (κ3) is 4.29. The average Bonchev–Trinajstić information content (AvgIpc) is 2.60. The van der Waals surface area contributed by atoms with Crippen molar-refractivity contribution in [2.45, 2.75) is 32.2 Å². The molecular weight excluding hydrogens is 194 g/mol. The molecule has 1 heterocycles. The minimum atomic E-state index is -0.185. The zero-order chi connectivity index (χ0) is 11.3. The van der Waals surface area contributed by atoms with Gasteiger partial charge in [0.25, 0.3) is 0 Å². The van der Waals surface area contributed by atoms with E-state index in [2.05, 4.69) is 22.9 Å². The Balaban J connectivity index is 2.18. The number of rotatable bonds is 4. The lowest BCUT2D eigenvalue weighted by Crippen LogP contribution is -2.49. The van der Waals surface area contributed by atoms with Crippen molar-refractivity contribution < 1.29 is 9.59 Å². The minimum absolute atomic E-state index is 0.0197. The fourth-order valence-electron chi connectivity index (χ4n) is 1.67. The van der Waals surface area contributed by atoms with Gasteiger partial charge in [0.15, 0.2) is 0 Å². The van der Waals surface area contributed by atoms with E-state index in [1.165, 1.54) is 6.92 Å². The van der Waals surface area contributed by atoms with Crippen LogP contribution in [0.5, 0.6) is 0 Å². The predicted molar refractivity (Wildman–Crippen MR) is 57.3 cm³/mol. The van der Waals surface area contributed by atoms with E-state index in [1.807, 2.05) is 0 Å². The smallest absolute Gasteiger partial charge is 0.239 e. The van der Waals surface area contributed by atoms with Crippen molar-refractivity contribution >= 4 is 11.8 Å². The Kier molecular flexibility index (Phi) is 4.08. The summed E-state index contributed by atoms with van der Waals surface area (Å²) >= 11 is 0. The molecule has 1 fully saturated rings. The van der Waals surface area contributed by atoms with Gasteiger partial charge in [-0.15, -0.1) is 0 Å². The number of amides is 2. The van der Waals surface area contributed by atoms with Gasteiger partial charge in [0, 0.05) is 19.0 Å². The first-order valence-electron chi connectivity index (χ1n) is 5.28. The molecule has 0 radical (unpaired) electrons. The van der Waals surface area contributed by atoms with Crippen molar-refractivity contribution in [3.05, 3.63) is 0 Å². The molecule has 1 atom stereocenters. The van der Waals surface area contributed by atoms with E-state index in [1.54, 1.807) is 0 Å². The first kappa shape index (κ1) is 12.0. The summed E-state index contributed by atoms with van der Waals surface area (Å²) in [6.07, 6.45) is 2.23. The molecule has 3 N–H and O–H groups in total. The molecule has 5 nitrogen and oxygen atoms in total. The molecule has 0 aliphatic carbocycles. The summed E-state index contributed by atoms with van der Waals surface area (Å²) in [6.45, 7) is 5.18. The largest absolute Gasteiger partial charge is 0.353 e. The van der Waals surface area contributed by atoms with Gasteiger partial charge in [-0.3, -0.25) is 9.59 Å². The standard InChI is InChI=1S/C10H19N3O2/c1-8(14)11-6-9(15)12-7-10(2)4-3-5-13-10/h13H,3-7H2,1-2H3,(H,11,14)(H,12,15). The third-order valence-corrected chi connectivity index (χ3v) is 2.63. The molecule has 1 aliphatic rings. The molecule has 1 unspecified atom stereocenters. The van der Waals surface area contributed by atoms with Crippen LogP contribution in [0.3, 0.4) is 0 Å². The van der Waals surface area contributed by atoms with E-state index in [0.29, 0.717) is 6.54 Å². The number of carbonyl (C=O) groups excluding carboxylic acids is 2. The van der Waals surface area contributed by atoms with Crippen LogP contribution in [0, 0.1) is 0 Å². The van der Waals surface area contributed by atoms with Crippen LogP contribution in [-0.4, -0.2) is 37.0 Å². The first-order valence-corrected chi connectivity index (χ1v) is 5.28. The molecule has 15 heavy (non-hydrogen) atoms. The molecule has 0 aromatic heterocycles. The van der Waals surface area contributed by atoms with Gasteiger partial charge in [-0.25, -0.2) is 0 Å². The molecule has 0 saturated carbocycles. The number of carbonyl (C=O) groups is 2. The minimum Gasteiger partial charge on any atom is -0.353 e. The van der Waals surface area contributed by atoms with Crippen molar-refractivity contribution in [1.82, 2.24) is 16.0 Å². The molecular formula is C10H19N3O2. The Morgan fingerprint density at radius 2 is 2.13 bits per heavy atom. The van der Waals surface area contributed by atoms with Crippen molar-refractivity contribution in [2.24, 2.45) is 0 Å². The van der Waals surface area contributed by atoms with Crippen molar-refractivity contribution in [2.75, 3.05) is 19.6 Å². The molecule has 1 aliphatic heterocycles. The third-order valence-electron chi connectivity index (χ3n) is 2.63. The molecule has 2 amide bonds. The van der Waals surface area contributed by atoms with E-state index < -0.39 is 0 Å². The zero-order valence-corrected chi connectivity index (χ0v) is 9.35. The Bertz CT molecular complexity index is 247. The highest BCUT2D eigenvalue weighted by Crippen LogP contribution is 2.16. The van der Waals surface area contributed by atoms with Crippen LogP contribution in [0.2, 0.25) is 0 Å². The second kappa shape index (κ2) is 5.11. The van der Waals surface area contributed by atoms with Gasteiger partial charge >= 0.3 is 0 Å². The Hall–Kier alpha value is -1.10. The van der Waals surface area contributed by atoms with E-state index in [9.17, 15) is 9.59 Å². The number of hydrogen-bond acceptors (Lipinski definition) is 3. The second-order valence-corrected chi connectivity index (χ2v) is 4.28. The summed E-state index contributed by atoms with van der Waals surface area (Å²) in [6, 6.07) is 0. The highest BCUT2D eigenvalue weighted by molar-refractivity contribution is 5.83. The SMILES string of the molecule is CC(=O)NCC(=O)NCC1(C)CCCN1. The van der Waals surface area contributed by atoms with Crippen LogP contribution in [0.1, 0.15) is 26.7 Å².